The molecule has 1 saturated heterocycles. The maximum Gasteiger partial charge on any atom is 0.265 e. The van der Waals surface area contributed by atoms with E-state index in [1.165, 1.54) is 12.8 Å². The lowest BCUT2D eigenvalue weighted by Gasteiger charge is -2.25. The highest BCUT2D eigenvalue weighted by molar-refractivity contribution is 8.00. The Morgan fingerprint density at radius 3 is 2.61 bits per heavy atom. The zero-order valence-corrected chi connectivity index (χ0v) is 22.2. The summed E-state index contributed by atoms with van der Waals surface area (Å²) in [6.07, 6.45) is 6.57. The van der Waals surface area contributed by atoms with Gasteiger partial charge in [0, 0.05) is 31.9 Å². The van der Waals surface area contributed by atoms with Crippen molar-refractivity contribution in [2.75, 3.05) is 13.1 Å². The van der Waals surface area contributed by atoms with Crippen LogP contribution in [0, 0.1) is 5.92 Å². The number of aromatic hydroxyl groups is 1. The van der Waals surface area contributed by atoms with Crippen LogP contribution in [-0.4, -0.2) is 38.2 Å². The van der Waals surface area contributed by atoms with Crippen LogP contribution < -0.4 is 10.9 Å². The predicted molar refractivity (Wildman–Crippen MR) is 154 cm³/mol. The number of hydrogen-bond donors (Lipinski definition) is 3. The van der Waals surface area contributed by atoms with E-state index in [9.17, 15) is 14.1 Å². The summed E-state index contributed by atoms with van der Waals surface area (Å²) in [6.45, 7) is 1.78. The number of aromatic amines is 1. The Kier molecular flexibility index (Phi) is 6.58. The fourth-order valence-corrected chi connectivity index (χ4v) is 7.15. The zero-order valence-electron chi connectivity index (χ0n) is 21.4. The van der Waals surface area contributed by atoms with E-state index in [1.54, 1.807) is 36.4 Å². The van der Waals surface area contributed by atoms with E-state index >= 15 is 0 Å². The van der Waals surface area contributed by atoms with Crippen molar-refractivity contribution in [3.8, 4) is 17.0 Å². The van der Waals surface area contributed by atoms with Crippen molar-refractivity contribution < 1.29 is 9.32 Å². The second-order valence-corrected chi connectivity index (χ2v) is 12.9. The summed E-state index contributed by atoms with van der Waals surface area (Å²) < 4.78 is 13.9. The second-order valence-electron chi connectivity index (χ2n) is 10.6. The van der Waals surface area contributed by atoms with E-state index in [0.29, 0.717) is 16.2 Å². The molecule has 2 fully saturated rings. The van der Waals surface area contributed by atoms with Crippen LogP contribution in [0.3, 0.4) is 0 Å². The SMILES string of the molecule is C=S(=O)(c1ccccc1)c1cc2c(C3CCCNC3)cc(-c3c(O)cccc3CCC3CC3)nc2[nH]c1=O. The standard InChI is InChI=1S/C31H33N3O3S/c1-38(37,23-9-3-2-4-10-23)28-18-25-24(22-8-6-16-32-19-22)17-26(33-30(25)34-31(28)36)29-21(7-5-11-27(29)35)15-14-20-12-13-20/h2-5,7,9-11,17-18,20,22,32,35H,1,6,8,12-16,19H2,(H,33,34,36). The number of piperidine rings is 1. The van der Waals surface area contributed by atoms with Gasteiger partial charge < -0.3 is 15.4 Å². The summed E-state index contributed by atoms with van der Waals surface area (Å²) in [7, 11) is -3.02. The van der Waals surface area contributed by atoms with Crippen LogP contribution in [0.2, 0.25) is 0 Å². The van der Waals surface area contributed by atoms with Crippen molar-refractivity contribution in [1.82, 2.24) is 15.3 Å². The van der Waals surface area contributed by atoms with Crippen molar-refractivity contribution in [1.29, 1.82) is 0 Å². The van der Waals surface area contributed by atoms with Crippen LogP contribution in [0.5, 0.6) is 5.75 Å². The molecule has 3 heterocycles. The molecule has 7 heteroatoms. The Hall–Kier alpha value is -3.42. The van der Waals surface area contributed by atoms with Crippen molar-refractivity contribution in [2.45, 2.75) is 54.2 Å². The number of nitrogens with zero attached hydrogens (tertiary/aromatic N) is 1. The van der Waals surface area contributed by atoms with Gasteiger partial charge in [0.15, 0.2) is 0 Å². The van der Waals surface area contributed by atoms with Gasteiger partial charge in [-0.25, -0.2) is 4.98 Å². The molecule has 1 aliphatic heterocycles. The molecule has 0 amide bonds. The van der Waals surface area contributed by atoms with Crippen LogP contribution in [0.4, 0.5) is 0 Å². The van der Waals surface area contributed by atoms with E-state index in [-0.39, 0.29) is 16.6 Å². The van der Waals surface area contributed by atoms with E-state index in [0.717, 1.165) is 66.8 Å². The molecular formula is C31H33N3O3S. The first-order chi connectivity index (χ1) is 18.4. The normalized spacial score (nSPS) is 19.3. The lowest BCUT2D eigenvalue weighted by molar-refractivity contribution is 0.463. The molecule has 2 aliphatic rings. The maximum atomic E-state index is 13.9. The number of rotatable bonds is 7. The van der Waals surface area contributed by atoms with E-state index in [2.05, 4.69) is 28.3 Å². The van der Waals surface area contributed by atoms with E-state index in [1.807, 2.05) is 12.1 Å². The van der Waals surface area contributed by atoms with Crippen LogP contribution in [0.1, 0.15) is 49.1 Å². The third kappa shape index (κ3) is 4.76. The number of phenolic OH excluding ortho intramolecular Hbond substituents is 1. The molecule has 2 aromatic heterocycles. The number of H-pyrrole nitrogens is 1. The number of hydrogen-bond acceptors (Lipinski definition) is 5. The first kappa shape index (κ1) is 24.9. The largest absolute Gasteiger partial charge is 0.507 e. The Morgan fingerprint density at radius 1 is 1.05 bits per heavy atom. The van der Waals surface area contributed by atoms with Crippen LogP contribution >= 0.6 is 0 Å². The quantitative estimate of drug-likeness (QED) is 0.286. The monoisotopic (exact) mass is 527 g/mol. The molecule has 4 aromatic rings. The Balaban J connectivity index is 1.55. The van der Waals surface area contributed by atoms with Gasteiger partial charge >= 0.3 is 0 Å². The molecule has 38 heavy (non-hydrogen) atoms. The summed E-state index contributed by atoms with van der Waals surface area (Å²) in [4.78, 5) is 21.8. The summed E-state index contributed by atoms with van der Waals surface area (Å²) in [5.41, 5.74) is 3.48. The molecule has 196 valence electrons. The highest BCUT2D eigenvalue weighted by Crippen LogP contribution is 2.39. The molecular weight excluding hydrogens is 494 g/mol. The average Bonchev–Trinajstić information content (AvgIpc) is 3.76. The minimum atomic E-state index is -3.02. The second kappa shape index (κ2) is 10.0. The first-order valence-electron chi connectivity index (χ1n) is 13.4. The lowest BCUT2D eigenvalue weighted by Crippen LogP contribution is -2.28. The predicted octanol–water partition coefficient (Wildman–Crippen LogP) is 5.24. The minimum Gasteiger partial charge on any atom is -0.507 e. The first-order valence-corrected chi connectivity index (χ1v) is 15.2. The number of aryl methyl sites for hydroxylation is 1. The maximum absolute atomic E-state index is 13.9. The van der Waals surface area contributed by atoms with Crippen molar-refractivity contribution in [3.05, 3.63) is 82.1 Å². The third-order valence-corrected chi connectivity index (χ3v) is 9.99. The number of nitrogens with one attached hydrogen (secondary N) is 2. The molecule has 3 N–H and O–H groups in total. The number of benzene rings is 2. The zero-order chi connectivity index (χ0) is 26.3. The lowest BCUT2D eigenvalue weighted by atomic mass is 9.88. The number of phenols is 1. The molecule has 2 unspecified atom stereocenters. The molecule has 0 spiro atoms. The molecule has 0 radical (unpaired) electrons. The minimum absolute atomic E-state index is 0.156. The van der Waals surface area contributed by atoms with Gasteiger partial charge in [-0.15, -0.1) is 0 Å². The Bertz CT molecular complexity index is 1650. The third-order valence-electron chi connectivity index (χ3n) is 7.94. The summed E-state index contributed by atoms with van der Waals surface area (Å²) in [5, 5.41) is 15.2. The molecule has 2 atom stereocenters. The van der Waals surface area contributed by atoms with Crippen LogP contribution in [0.25, 0.3) is 22.3 Å². The van der Waals surface area contributed by atoms with Gasteiger partial charge in [0.1, 0.15) is 16.3 Å². The molecule has 1 saturated carbocycles. The summed E-state index contributed by atoms with van der Waals surface area (Å²) in [6, 6.07) is 18.4. The van der Waals surface area contributed by atoms with Crippen molar-refractivity contribution in [3.63, 3.8) is 0 Å². The Labute approximate surface area is 223 Å². The average molecular weight is 528 g/mol. The highest BCUT2D eigenvalue weighted by Gasteiger charge is 2.25. The number of pyridine rings is 2. The highest BCUT2D eigenvalue weighted by atomic mass is 32.2. The Morgan fingerprint density at radius 2 is 1.87 bits per heavy atom. The molecule has 1 aliphatic carbocycles. The van der Waals surface area contributed by atoms with Gasteiger partial charge in [0.25, 0.3) is 5.56 Å². The van der Waals surface area contributed by atoms with Gasteiger partial charge in [-0.05, 0) is 91.4 Å². The van der Waals surface area contributed by atoms with E-state index < -0.39 is 15.1 Å². The van der Waals surface area contributed by atoms with Gasteiger partial charge in [0.2, 0.25) is 0 Å². The summed E-state index contributed by atoms with van der Waals surface area (Å²) >= 11 is 0. The van der Waals surface area contributed by atoms with Crippen molar-refractivity contribution >= 4 is 26.4 Å². The van der Waals surface area contributed by atoms with Gasteiger partial charge in [-0.1, -0.05) is 43.2 Å². The van der Waals surface area contributed by atoms with E-state index in [4.69, 9.17) is 4.98 Å². The smallest absolute Gasteiger partial charge is 0.265 e. The van der Waals surface area contributed by atoms with Crippen molar-refractivity contribution in [2.24, 2.45) is 5.92 Å². The van der Waals surface area contributed by atoms with Gasteiger partial charge in [-0.2, -0.15) is 0 Å². The van der Waals surface area contributed by atoms with Gasteiger partial charge in [-0.3, -0.25) is 9.00 Å². The molecule has 2 aromatic carbocycles. The fourth-order valence-electron chi connectivity index (χ4n) is 5.64. The van der Waals surface area contributed by atoms with Crippen LogP contribution in [0.15, 0.2) is 75.2 Å². The van der Waals surface area contributed by atoms with Gasteiger partial charge in [0.05, 0.1) is 5.69 Å². The molecule has 0 bridgehead atoms. The van der Waals surface area contributed by atoms with Crippen LogP contribution in [-0.2, 0) is 15.9 Å². The number of fused-ring (bicyclic) bond motifs is 1. The summed E-state index contributed by atoms with van der Waals surface area (Å²) in [5.74, 6) is 5.16. The molecule has 6 nitrogen and oxygen atoms in total. The molecule has 6 rings (SSSR count). The topological polar surface area (TPSA) is 95.1 Å². The number of aromatic nitrogens is 2. The fraction of sp³-hybridized carbons (Fsp3) is 0.323.